The fraction of sp³-hybridized carbons (Fsp3) is 0.750. The molecule has 2 rings (SSSR count). The Morgan fingerprint density at radius 3 is 2.94 bits per heavy atom. The first kappa shape index (κ1) is 12.0. The predicted molar refractivity (Wildman–Crippen MR) is 67.8 cm³/mol. The molecule has 1 aliphatic rings. The fourth-order valence-electron chi connectivity index (χ4n) is 2.35. The summed E-state index contributed by atoms with van der Waals surface area (Å²) in [6.45, 7) is 4.50. The van der Waals surface area contributed by atoms with Gasteiger partial charge in [-0.1, -0.05) is 0 Å². The highest BCUT2D eigenvalue weighted by molar-refractivity contribution is 7.99. The Morgan fingerprint density at radius 1 is 1.50 bits per heavy atom. The molecule has 4 heteroatoms. The topological polar surface area (TPSA) is 38.0 Å². The van der Waals surface area contributed by atoms with Crippen molar-refractivity contribution in [3.05, 3.63) is 17.0 Å². The molecule has 0 aromatic carbocycles. The summed E-state index contributed by atoms with van der Waals surface area (Å²) in [6, 6.07) is 0. The van der Waals surface area contributed by atoms with Gasteiger partial charge < -0.3 is 5.11 Å². The van der Waals surface area contributed by atoms with Crippen LogP contribution in [0.15, 0.2) is 0 Å². The van der Waals surface area contributed by atoms with E-state index in [4.69, 9.17) is 5.11 Å². The molecule has 1 fully saturated rings. The van der Waals surface area contributed by atoms with Crippen molar-refractivity contribution in [3.8, 4) is 0 Å². The molecular weight excluding hydrogens is 220 g/mol. The van der Waals surface area contributed by atoms with Crippen LogP contribution in [-0.4, -0.2) is 27.2 Å². The molecule has 1 saturated heterocycles. The van der Waals surface area contributed by atoms with Gasteiger partial charge in [-0.2, -0.15) is 5.10 Å². The van der Waals surface area contributed by atoms with Crippen LogP contribution in [0.5, 0.6) is 0 Å². The van der Waals surface area contributed by atoms with Gasteiger partial charge in [-0.15, -0.1) is 11.8 Å². The summed E-state index contributed by atoms with van der Waals surface area (Å²) in [5, 5.41) is 14.1. The summed E-state index contributed by atoms with van der Waals surface area (Å²) in [6.07, 6.45) is 4.34. The summed E-state index contributed by atoms with van der Waals surface area (Å²) >= 11 is 2.01. The Balaban J connectivity index is 2.19. The predicted octanol–water partition coefficient (Wildman–Crippen LogP) is 2.45. The van der Waals surface area contributed by atoms with Crippen LogP contribution in [0.1, 0.15) is 41.6 Å². The minimum atomic E-state index is 0.266. The van der Waals surface area contributed by atoms with Crippen LogP contribution in [0.4, 0.5) is 0 Å². The molecular formula is C12H20N2OS. The fourth-order valence-corrected chi connectivity index (χ4v) is 3.63. The molecule has 0 bridgehead atoms. The van der Waals surface area contributed by atoms with E-state index in [0.29, 0.717) is 5.37 Å². The van der Waals surface area contributed by atoms with E-state index in [0.717, 1.165) is 18.5 Å². The van der Waals surface area contributed by atoms with Crippen LogP contribution in [0, 0.1) is 13.8 Å². The van der Waals surface area contributed by atoms with Gasteiger partial charge in [0, 0.05) is 12.3 Å². The van der Waals surface area contributed by atoms with E-state index < -0.39 is 0 Å². The molecule has 1 aromatic heterocycles. The van der Waals surface area contributed by atoms with Gasteiger partial charge in [-0.3, -0.25) is 4.68 Å². The highest BCUT2D eigenvalue weighted by Gasteiger charge is 2.22. The maximum Gasteiger partial charge on any atom is 0.0974 e. The van der Waals surface area contributed by atoms with Crippen molar-refractivity contribution in [2.45, 2.75) is 44.9 Å². The zero-order chi connectivity index (χ0) is 11.5. The van der Waals surface area contributed by atoms with E-state index in [1.165, 1.54) is 29.9 Å². The first-order valence-corrected chi connectivity index (χ1v) is 7.06. The number of thioether (sulfide) groups is 1. The molecule has 2 heterocycles. The Bertz CT molecular complexity index is 356. The third-order valence-corrected chi connectivity index (χ3v) is 4.58. The van der Waals surface area contributed by atoms with E-state index in [-0.39, 0.29) is 6.61 Å². The summed E-state index contributed by atoms with van der Waals surface area (Å²) in [7, 11) is 0. The lowest BCUT2D eigenvalue weighted by atomic mass is 10.1. The second-order valence-corrected chi connectivity index (χ2v) is 5.67. The minimum absolute atomic E-state index is 0.266. The van der Waals surface area contributed by atoms with Gasteiger partial charge in [-0.25, -0.2) is 0 Å². The summed E-state index contributed by atoms with van der Waals surface area (Å²) in [4.78, 5) is 0. The van der Waals surface area contributed by atoms with Crippen LogP contribution in [-0.2, 0) is 6.42 Å². The average molecular weight is 240 g/mol. The Labute approximate surface area is 101 Å². The standard InChI is InChI=1S/C12H20N2OS/c1-9-11(5-3-7-15)10(2)14(13-9)12-6-4-8-16-12/h12,15H,3-8H2,1-2H3. The van der Waals surface area contributed by atoms with E-state index in [1.54, 1.807) is 0 Å². The normalized spacial score (nSPS) is 20.6. The summed E-state index contributed by atoms with van der Waals surface area (Å²) in [5.41, 5.74) is 3.77. The Morgan fingerprint density at radius 2 is 2.31 bits per heavy atom. The van der Waals surface area contributed by atoms with Crippen molar-refractivity contribution in [1.29, 1.82) is 0 Å². The van der Waals surface area contributed by atoms with Crippen LogP contribution in [0.25, 0.3) is 0 Å². The van der Waals surface area contributed by atoms with Crippen molar-refractivity contribution in [1.82, 2.24) is 9.78 Å². The second kappa shape index (κ2) is 5.23. The molecule has 1 atom stereocenters. The van der Waals surface area contributed by atoms with Crippen LogP contribution < -0.4 is 0 Å². The average Bonchev–Trinajstić information content (AvgIpc) is 2.86. The van der Waals surface area contributed by atoms with Crippen molar-refractivity contribution in [2.75, 3.05) is 12.4 Å². The number of rotatable bonds is 4. The molecule has 16 heavy (non-hydrogen) atoms. The first-order chi connectivity index (χ1) is 7.74. The Hall–Kier alpha value is -0.480. The molecule has 0 spiro atoms. The number of hydrogen-bond acceptors (Lipinski definition) is 3. The minimum Gasteiger partial charge on any atom is -0.396 e. The van der Waals surface area contributed by atoms with Gasteiger partial charge in [0.2, 0.25) is 0 Å². The van der Waals surface area contributed by atoms with Gasteiger partial charge in [0.1, 0.15) is 0 Å². The third kappa shape index (κ3) is 2.28. The molecule has 90 valence electrons. The lowest BCUT2D eigenvalue weighted by Gasteiger charge is -2.11. The zero-order valence-electron chi connectivity index (χ0n) is 10.1. The molecule has 0 radical (unpaired) electrons. The number of aliphatic hydroxyl groups is 1. The number of hydrogen-bond donors (Lipinski definition) is 1. The smallest absolute Gasteiger partial charge is 0.0974 e. The number of aliphatic hydroxyl groups excluding tert-OH is 1. The highest BCUT2D eigenvalue weighted by atomic mass is 32.2. The molecule has 0 amide bonds. The van der Waals surface area contributed by atoms with Gasteiger partial charge >= 0.3 is 0 Å². The lowest BCUT2D eigenvalue weighted by molar-refractivity contribution is 0.288. The molecule has 0 saturated carbocycles. The van der Waals surface area contributed by atoms with E-state index >= 15 is 0 Å². The van der Waals surface area contributed by atoms with Gasteiger partial charge in [0.15, 0.2) is 0 Å². The van der Waals surface area contributed by atoms with Gasteiger partial charge in [-0.05, 0) is 50.8 Å². The molecule has 0 aliphatic carbocycles. The summed E-state index contributed by atoms with van der Waals surface area (Å²) in [5.74, 6) is 1.26. The van der Waals surface area contributed by atoms with E-state index in [2.05, 4.69) is 23.6 Å². The van der Waals surface area contributed by atoms with Crippen LogP contribution in [0.3, 0.4) is 0 Å². The third-order valence-electron chi connectivity index (χ3n) is 3.24. The highest BCUT2D eigenvalue weighted by Crippen LogP contribution is 2.36. The largest absolute Gasteiger partial charge is 0.396 e. The molecule has 1 unspecified atom stereocenters. The van der Waals surface area contributed by atoms with Crippen molar-refractivity contribution >= 4 is 11.8 Å². The van der Waals surface area contributed by atoms with Crippen LogP contribution >= 0.6 is 11.8 Å². The van der Waals surface area contributed by atoms with Gasteiger partial charge in [0.05, 0.1) is 11.1 Å². The quantitative estimate of drug-likeness (QED) is 0.878. The van der Waals surface area contributed by atoms with Crippen molar-refractivity contribution in [3.63, 3.8) is 0 Å². The maximum atomic E-state index is 8.90. The monoisotopic (exact) mass is 240 g/mol. The Kier molecular flexibility index (Phi) is 3.92. The molecule has 1 aromatic rings. The number of aromatic nitrogens is 2. The maximum absolute atomic E-state index is 8.90. The number of aryl methyl sites for hydroxylation is 1. The van der Waals surface area contributed by atoms with Crippen LogP contribution in [0.2, 0.25) is 0 Å². The summed E-state index contributed by atoms with van der Waals surface area (Å²) < 4.78 is 2.19. The lowest BCUT2D eigenvalue weighted by Crippen LogP contribution is -2.06. The zero-order valence-corrected chi connectivity index (χ0v) is 10.9. The number of nitrogens with zero attached hydrogens (tertiary/aromatic N) is 2. The van der Waals surface area contributed by atoms with Gasteiger partial charge in [0.25, 0.3) is 0 Å². The van der Waals surface area contributed by atoms with E-state index in [9.17, 15) is 0 Å². The SMILES string of the molecule is Cc1nn(C2CCCS2)c(C)c1CCCO. The van der Waals surface area contributed by atoms with E-state index in [1.807, 2.05) is 11.8 Å². The molecule has 1 aliphatic heterocycles. The second-order valence-electron chi connectivity index (χ2n) is 4.39. The molecule has 1 N–H and O–H groups in total. The molecule has 3 nitrogen and oxygen atoms in total. The first-order valence-electron chi connectivity index (χ1n) is 6.01. The van der Waals surface area contributed by atoms with Crippen molar-refractivity contribution < 1.29 is 5.11 Å². The van der Waals surface area contributed by atoms with Crippen molar-refractivity contribution in [2.24, 2.45) is 0 Å².